The quantitative estimate of drug-likeness (QED) is 0.513. The molecule has 0 aromatic heterocycles. The molecule has 0 radical (unpaired) electrons. The second-order valence-corrected chi connectivity index (χ2v) is 20.5. The summed E-state index contributed by atoms with van der Waals surface area (Å²) < 4.78 is 24.3. The predicted molar refractivity (Wildman–Crippen MR) is 94.2 cm³/mol. The Balaban J connectivity index is 3.13. The Morgan fingerprint density at radius 1 is 1.05 bits per heavy atom. The number of carbonyl (C=O) groups is 2. The predicted octanol–water partition coefficient (Wildman–Crippen LogP) is 0.631. The highest BCUT2D eigenvalue weighted by molar-refractivity contribution is 7.23. The van der Waals surface area contributed by atoms with Crippen molar-refractivity contribution < 1.29 is 26.0 Å². The molecule has 0 spiro atoms. The second kappa shape index (κ2) is 7.69. The van der Waals surface area contributed by atoms with Crippen LogP contribution in [0.15, 0.2) is 0 Å². The van der Waals surface area contributed by atoms with Gasteiger partial charge in [-0.25, -0.2) is 0 Å². The van der Waals surface area contributed by atoms with Gasteiger partial charge in [-0.15, -0.1) is 0 Å². The van der Waals surface area contributed by atoms with Gasteiger partial charge in [0.05, 0.1) is 0 Å². The average Bonchev–Trinajstić information content (AvgIpc) is 2.36. The molecule has 1 saturated heterocycles. The molecule has 0 aromatic carbocycles. The third kappa shape index (κ3) is 4.62. The molecule has 1 fully saturated rings. The highest BCUT2D eigenvalue weighted by atomic mass is 28.5. The van der Waals surface area contributed by atoms with E-state index in [9.17, 15) is 9.59 Å². The van der Waals surface area contributed by atoms with E-state index in [0.29, 0.717) is 6.42 Å². The van der Waals surface area contributed by atoms with Crippen LogP contribution < -0.4 is 0 Å². The number of hydrogen-bond acceptors (Lipinski definition) is 6. The lowest BCUT2D eigenvalue weighted by Crippen LogP contribution is -2.62. The van der Waals surface area contributed by atoms with Gasteiger partial charge in [-0.3, -0.25) is 0 Å². The van der Waals surface area contributed by atoms with E-state index in [4.69, 9.17) is 16.5 Å². The first-order valence-corrected chi connectivity index (χ1v) is 18.7. The highest BCUT2D eigenvalue weighted by Gasteiger charge is 2.54. The van der Waals surface area contributed by atoms with Gasteiger partial charge >= 0.3 is 8.56 Å². The molecule has 0 aromatic rings. The third-order valence-electron chi connectivity index (χ3n) is 3.87. The first-order chi connectivity index (χ1) is 9.70. The number of carbonyl (C=O) groups excluding carboxylic acids is 2. The number of rotatable bonds is 5. The summed E-state index contributed by atoms with van der Waals surface area (Å²) in [6, 6.07) is 0. The minimum absolute atomic E-state index is 0.104. The highest BCUT2D eigenvalue weighted by Crippen LogP contribution is 2.36. The molecule has 3 unspecified atom stereocenters. The molecule has 1 heterocycles. The van der Waals surface area contributed by atoms with Crippen LogP contribution in [0.25, 0.3) is 0 Å². The zero-order chi connectivity index (χ0) is 16.3. The van der Waals surface area contributed by atoms with Gasteiger partial charge in [0.25, 0.3) is 27.9 Å². The van der Waals surface area contributed by atoms with E-state index in [1.165, 1.54) is 0 Å². The van der Waals surface area contributed by atoms with Crippen LogP contribution in [0.1, 0.15) is 13.3 Å². The molecule has 6 nitrogen and oxygen atoms in total. The standard InChI is InChI=1S/C10H26O6Si5/c1-7-10(20(5,8-11)9-12)21(6)15-18(3)13-17(2)14-19(4)16-21/h8-10,17-19H,7H2,1-6H3. The van der Waals surface area contributed by atoms with Gasteiger partial charge in [-0.1, -0.05) is 19.9 Å². The van der Waals surface area contributed by atoms with Crippen molar-refractivity contribution in [3.63, 3.8) is 0 Å². The monoisotopic (exact) mass is 382 g/mol. The summed E-state index contributed by atoms with van der Waals surface area (Å²) in [5, 5.41) is -0.104. The van der Waals surface area contributed by atoms with Crippen LogP contribution in [0.4, 0.5) is 0 Å². The molecule has 0 saturated carbocycles. The first-order valence-electron chi connectivity index (χ1n) is 7.30. The lowest BCUT2D eigenvalue weighted by atomic mass is 10.6. The molecule has 0 amide bonds. The Morgan fingerprint density at radius 2 is 1.48 bits per heavy atom. The molecule has 1 aliphatic rings. The van der Waals surface area contributed by atoms with Crippen LogP contribution in [0.3, 0.4) is 0 Å². The van der Waals surface area contributed by atoms with Crippen molar-refractivity contribution in [1.82, 2.24) is 0 Å². The summed E-state index contributed by atoms with van der Waals surface area (Å²) in [5.41, 5.74) is 0. The van der Waals surface area contributed by atoms with Gasteiger partial charge in [-0.05, 0) is 26.2 Å². The molecule has 0 bridgehead atoms. The lowest BCUT2D eigenvalue weighted by Gasteiger charge is -2.43. The van der Waals surface area contributed by atoms with Gasteiger partial charge in [-0.2, -0.15) is 0 Å². The van der Waals surface area contributed by atoms with Crippen molar-refractivity contribution in [2.45, 2.75) is 51.2 Å². The van der Waals surface area contributed by atoms with Crippen LogP contribution in [0.2, 0.25) is 37.9 Å². The van der Waals surface area contributed by atoms with E-state index in [1.807, 2.05) is 33.1 Å². The van der Waals surface area contributed by atoms with Gasteiger partial charge in [0.15, 0.2) is 0 Å². The number of hydrogen-bond donors (Lipinski definition) is 0. The fourth-order valence-corrected chi connectivity index (χ4v) is 25.1. The fourth-order valence-electron chi connectivity index (χ4n) is 3.05. The summed E-state index contributed by atoms with van der Waals surface area (Å²) >= 11 is 0. The van der Waals surface area contributed by atoms with Crippen molar-refractivity contribution in [3.05, 3.63) is 0 Å². The van der Waals surface area contributed by atoms with E-state index in [-0.39, 0.29) is 5.16 Å². The Kier molecular flexibility index (Phi) is 7.08. The molecule has 122 valence electrons. The zero-order valence-corrected chi connectivity index (χ0v) is 19.1. The molecule has 1 rings (SSSR count). The summed E-state index contributed by atoms with van der Waals surface area (Å²) in [7, 11) is -10.8. The zero-order valence-electron chi connectivity index (χ0n) is 13.6. The summed E-state index contributed by atoms with van der Waals surface area (Å²) in [4.78, 5) is 23.0. The first kappa shape index (κ1) is 19.3. The largest absolute Gasteiger partial charge is 0.420 e. The molecule has 0 aliphatic carbocycles. The third-order valence-corrected chi connectivity index (χ3v) is 24.4. The van der Waals surface area contributed by atoms with E-state index < -0.39 is 44.5 Å². The van der Waals surface area contributed by atoms with Crippen molar-refractivity contribution in [2.75, 3.05) is 0 Å². The van der Waals surface area contributed by atoms with Gasteiger partial charge in [0.2, 0.25) is 8.07 Å². The van der Waals surface area contributed by atoms with Crippen LogP contribution in [-0.4, -0.2) is 56.3 Å². The smallest absolute Gasteiger partial charge is 0.318 e. The maximum absolute atomic E-state index is 11.5. The maximum Gasteiger partial charge on any atom is 0.318 e. The molecule has 1 aliphatic heterocycles. The molecular formula is C10H26O6Si5. The van der Waals surface area contributed by atoms with Crippen LogP contribution in [0, 0.1) is 0 Å². The minimum atomic E-state index is -2.71. The lowest BCUT2D eigenvalue weighted by molar-refractivity contribution is 0.271. The van der Waals surface area contributed by atoms with E-state index >= 15 is 0 Å². The summed E-state index contributed by atoms with van der Waals surface area (Å²) in [5.74, 6) is 1.71. The Bertz CT molecular complexity index is 361. The normalized spacial score (nSPS) is 36.4. The van der Waals surface area contributed by atoms with Gasteiger partial charge in [0, 0.05) is 5.16 Å². The van der Waals surface area contributed by atoms with Crippen molar-refractivity contribution >= 4 is 56.3 Å². The molecule has 0 N–H and O–H groups in total. The Hall–Kier alpha value is 0.264. The Morgan fingerprint density at radius 3 is 1.81 bits per heavy atom. The molecule has 21 heavy (non-hydrogen) atoms. The van der Waals surface area contributed by atoms with Crippen LogP contribution >= 0.6 is 0 Å². The van der Waals surface area contributed by atoms with Gasteiger partial charge < -0.3 is 26.0 Å². The van der Waals surface area contributed by atoms with Crippen LogP contribution in [0.5, 0.6) is 0 Å². The maximum atomic E-state index is 11.5. The fraction of sp³-hybridized carbons (Fsp3) is 0.800. The SMILES string of the molecule is CCC([Si](C)(C=O)C=O)[Si]1(C)O[SiH](C)O[SiH](C)O[SiH](C)O1. The summed E-state index contributed by atoms with van der Waals surface area (Å²) in [6.07, 6.45) is 0.706. The van der Waals surface area contributed by atoms with E-state index in [1.54, 1.807) is 6.55 Å². The second-order valence-electron chi connectivity index (χ2n) is 5.79. The molecule has 3 atom stereocenters. The van der Waals surface area contributed by atoms with Crippen molar-refractivity contribution in [1.29, 1.82) is 0 Å². The Labute approximate surface area is 133 Å². The van der Waals surface area contributed by atoms with Crippen LogP contribution in [-0.2, 0) is 26.0 Å². The average molecular weight is 383 g/mol. The van der Waals surface area contributed by atoms with Crippen molar-refractivity contribution in [3.8, 4) is 0 Å². The summed E-state index contributed by atoms with van der Waals surface area (Å²) in [6.45, 7) is 11.7. The minimum Gasteiger partial charge on any atom is -0.420 e. The molecule has 11 heteroatoms. The topological polar surface area (TPSA) is 71.1 Å². The van der Waals surface area contributed by atoms with E-state index in [0.717, 1.165) is 11.8 Å². The van der Waals surface area contributed by atoms with Crippen molar-refractivity contribution in [2.24, 2.45) is 0 Å². The van der Waals surface area contributed by atoms with E-state index in [2.05, 4.69) is 0 Å². The van der Waals surface area contributed by atoms with Gasteiger partial charge in [0.1, 0.15) is 11.8 Å². The molecular weight excluding hydrogens is 357 g/mol.